The molecule has 0 radical (unpaired) electrons. The molecule has 0 spiro atoms. The van der Waals surface area contributed by atoms with Crippen molar-refractivity contribution in [3.8, 4) is 51.0 Å². The first-order valence-corrected chi connectivity index (χ1v) is 19.4. The fraction of sp³-hybridized carbons (Fsp3) is 0. The van der Waals surface area contributed by atoms with Crippen LogP contribution >= 0.6 is 11.3 Å². The van der Waals surface area contributed by atoms with Gasteiger partial charge in [0.25, 0.3) is 0 Å². The number of hydrogen-bond donors (Lipinski definition) is 0. The molecule has 266 valence electrons. The van der Waals surface area contributed by atoms with E-state index in [0.717, 1.165) is 80.7 Å². The van der Waals surface area contributed by atoms with Crippen LogP contribution in [0.5, 0.6) is 0 Å². The number of aromatic nitrogens is 4. The van der Waals surface area contributed by atoms with E-state index in [4.69, 9.17) is 26.2 Å². The van der Waals surface area contributed by atoms with E-state index in [9.17, 15) is 0 Å². The molecule has 0 aliphatic rings. The summed E-state index contributed by atoms with van der Waals surface area (Å²) < 4.78 is 53.8. The van der Waals surface area contributed by atoms with E-state index < -0.39 is 18.1 Å². The van der Waals surface area contributed by atoms with Crippen molar-refractivity contribution in [1.82, 2.24) is 19.5 Å². The second-order valence-corrected chi connectivity index (χ2v) is 15.1. The van der Waals surface area contributed by atoms with Gasteiger partial charge >= 0.3 is 0 Å². The van der Waals surface area contributed by atoms with Crippen molar-refractivity contribution in [3.63, 3.8) is 0 Å². The lowest BCUT2D eigenvalue weighted by Crippen LogP contribution is -2.00. The molecule has 4 heterocycles. The number of nitrogens with zero attached hydrogens (tertiary/aromatic N) is 4. The molecule has 8 aromatic carbocycles. The molecule has 0 atom stereocenters. The maximum atomic E-state index is 8.87. The van der Waals surface area contributed by atoms with E-state index in [1.54, 1.807) is 11.3 Å². The normalized spacial score (nSPS) is 13.1. The summed E-state index contributed by atoms with van der Waals surface area (Å²) in [6.45, 7) is 0. The number of thiophene rings is 1. The van der Waals surface area contributed by atoms with Crippen LogP contribution in [0.15, 0.2) is 186 Å². The Bertz CT molecular complexity index is 3810. The summed E-state index contributed by atoms with van der Waals surface area (Å²) in [6.07, 6.45) is 0. The Morgan fingerprint density at radius 2 is 1.16 bits per heavy atom. The zero-order chi connectivity index (χ0) is 41.8. The topological polar surface area (TPSA) is 56.7 Å². The summed E-state index contributed by atoms with van der Waals surface area (Å²) >= 11 is 1.63. The molecule has 12 aromatic rings. The Hall–Kier alpha value is -7.41. The van der Waals surface area contributed by atoms with E-state index in [-0.39, 0.29) is 23.5 Å². The summed E-state index contributed by atoms with van der Waals surface area (Å²) in [5, 5.41) is 6.26. The van der Waals surface area contributed by atoms with Crippen LogP contribution in [0.1, 0.15) is 6.85 Å². The van der Waals surface area contributed by atoms with Gasteiger partial charge in [0.2, 0.25) is 0 Å². The maximum Gasteiger partial charge on any atom is 0.165 e. The number of para-hydroxylation sites is 2. The van der Waals surface area contributed by atoms with E-state index in [2.05, 4.69) is 95.6 Å². The predicted molar refractivity (Wildman–Crippen MR) is 236 cm³/mol. The molecule has 0 saturated carbocycles. The molecule has 0 bridgehead atoms. The average Bonchev–Trinajstić information content (AvgIpc) is 4.00. The quantitative estimate of drug-likeness (QED) is 0.176. The summed E-state index contributed by atoms with van der Waals surface area (Å²) in [5.41, 5.74) is 8.11. The molecule has 0 amide bonds. The fourth-order valence-corrected chi connectivity index (χ4v) is 9.44. The predicted octanol–water partition coefficient (Wildman–Crippen LogP) is 13.9. The van der Waals surface area contributed by atoms with Gasteiger partial charge in [-0.1, -0.05) is 115 Å². The highest BCUT2D eigenvalue weighted by atomic mass is 32.1. The van der Waals surface area contributed by atoms with Gasteiger partial charge in [0, 0.05) is 64.1 Å². The average molecular weight is 752 g/mol. The largest absolute Gasteiger partial charge is 0.456 e. The summed E-state index contributed by atoms with van der Waals surface area (Å²) in [7, 11) is 0. The third-order valence-electron chi connectivity index (χ3n) is 10.8. The lowest BCUT2D eigenvalue weighted by Gasteiger charge is -2.10. The first-order chi connectivity index (χ1) is 30.3. The van der Waals surface area contributed by atoms with Gasteiger partial charge in [-0.3, -0.25) is 0 Å². The van der Waals surface area contributed by atoms with Gasteiger partial charge in [-0.15, -0.1) is 11.3 Å². The van der Waals surface area contributed by atoms with Crippen LogP contribution < -0.4 is 0 Å². The molecule has 57 heavy (non-hydrogen) atoms. The lowest BCUT2D eigenvalue weighted by atomic mass is 9.97. The Morgan fingerprint density at radius 1 is 0.474 bits per heavy atom. The van der Waals surface area contributed by atoms with Crippen molar-refractivity contribution in [2.24, 2.45) is 0 Å². The summed E-state index contributed by atoms with van der Waals surface area (Å²) in [4.78, 5) is 14.8. The van der Waals surface area contributed by atoms with Gasteiger partial charge in [-0.2, -0.15) is 0 Å². The van der Waals surface area contributed by atoms with Crippen molar-refractivity contribution in [2.45, 2.75) is 0 Å². The fourth-order valence-electron chi connectivity index (χ4n) is 8.22. The standard InChI is InChI=1S/C51H30N4OS/c1-3-13-31(14-4-1)49-52-50(54-51(53-49)39-21-11-20-38-37-18-8-10-24-46(37)57-48(38)39)33-26-28-44-41(30-33)47-35(19-12-23-45(47)56-44)32-25-27-43-40(29-32)36-17-7-9-22-42(36)55(43)34-15-5-2-6-16-34/h1-30H/i1D,3D,4D,13D,14D. The minimum atomic E-state index is -0.484. The highest BCUT2D eigenvalue weighted by Crippen LogP contribution is 2.42. The van der Waals surface area contributed by atoms with Gasteiger partial charge in [-0.05, 0) is 77.9 Å². The lowest BCUT2D eigenvalue weighted by molar-refractivity contribution is 0.669. The molecule has 6 heteroatoms. The molecule has 0 aliphatic heterocycles. The molecule has 5 nitrogen and oxygen atoms in total. The summed E-state index contributed by atoms with van der Waals surface area (Å²) in [5.74, 6) is 0.606. The Morgan fingerprint density at radius 3 is 2.05 bits per heavy atom. The smallest absolute Gasteiger partial charge is 0.165 e. The number of benzene rings is 8. The third-order valence-corrected chi connectivity index (χ3v) is 12.0. The Balaban J connectivity index is 1.08. The number of hydrogen-bond acceptors (Lipinski definition) is 5. The van der Waals surface area contributed by atoms with Crippen molar-refractivity contribution in [3.05, 3.63) is 182 Å². The van der Waals surface area contributed by atoms with E-state index in [0.29, 0.717) is 22.8 Å². The Kier molecular flexibility index (Phi) is 6.00. The first-order valence-electron chi connectivity index (χ1n) is 21.1. The van der Waals surface area contributed by atoms with Crippen molar-refractivity contribution in [1.29, 1.82) is 0 Å². The first kappa shape index (κ1) is 27.2. The molecule has 0 N–H and O–H groups in total. The SMILES string of the molecule is [2H]c1c([2H])c([2H])c(-c2nc(-c3ccc4oc5cccc(-c6ccc7c(c6)c6ccccc6n7-c6ccccc6)c5c4c3)nc(-c3cccc4c3sc3ccccc34)n2)c([2H])c1[2H]. The van der Waals surface area contributed by atoms with Crippen molar-refractivity contribution in [2.75, 3.05) is 0 Å². The zero-order valence-electron chi connectivity index (χ0n) is 35.0. The van der Waals surface area contributed by atoms with Gasteiger partial charge in [0.05, 0.1) is 17.9 Å². The monoisotopic (exact) mass is 751 g/mol. The van der Waals surface area contributed by atoms with E-state index in [1.807, 2.05) is 60.7 Å². The number of rotatable bonds is 5. The van der Waals surface area contributed by atoms with Gasteiger partial charge in [-0.25, -0.2) is 15.0 Å². The second-order valence-electron chi connectivity index (χ2n) is 14.0. The molecule has 0 saturated heterocycles. The number of fused-ring (bicyclic) bond motifs is 9. The molecular formula is C51H30N4OS. The van der Waals surface area contributed by atoms with Crippen molar-refractivity contribution < 1.29 is 11.3 Å². The molecule has 4 aromatic heterocycles. The van der Waals surface area contributed by atoms with Gasteiger partial charge in [0.1, 0.15) is 11.2 Å². The third kappa shape index (κ3) is 5.04. The van der Waals surface area contributed by atoms with Crippen LogP contribution in [-0.2, 0) is 0 Å². The van der Waals surface area contributed by atoms with Crippen LogP contribution in [0.25, 0.3) is 115 Å². The highest BCUT2D eigenvalue weighted by Gasteiger charge is 2.20. The second kappa shape index (κ2) is 12.6. The van der Waals surface area contributed by atoms with Crippen LogP contribution in [0, 0.1) is 0 Å². The van der Waals surface area contributed by atoms with Crippen LogP contribution in [-0.4, -0.2) is 19.5 Å². The molecule has 0 unspecified atom stereocenters. The van der Waals surface area contributed by atoms with Gasteiger partial charge < -0.3 is 8.98 Å². The Labute approximate surface area is 337 Å². The van der Waals surface area contributed by atoms with Crippen LogP contribution in [0.2, 0.25) is 0 Å². The van der Waals surface area contributed by atoms with E-state index in [1.165, 1.54) is 0 Å². The highest BCUT2D eigenvalue weighted by molar-refractivity contribution is 7.26. The molecule has 12 rings (SSSR count). The maximum absolute atomic E-state index is 8.87. The minimum absolute atomic E-state index is 0.0130. The number of furan rings is 1. The van der Waals surface area contributed by atoms with E-state index >= 15 is 0 Å². The van der Waals surface area contributed by atoms with Crippen LogP contribution in [0.3, 0.4) is 0 Å². The summed E-state index contributed by atoms with van der Waals surface area (Å²) in [6, 6.07) is 49.4. The minimum Gasteiger partial charge on any atom is -0.456 e. The molecule has 0 fully saturated rings. The molecule has 0 aliphatic carbocycles. The van der Waals surface area contributed by atoms with Crippen LogP contribution in [0.4, 0.5) is 0 Å². The van der Waals surface area contributed by atoms with Crippen molar-refractivity contribution >= 4 is 75.3 Å². The van der Waals surface area contributed by atoms with Gasteiger partial charge in [0.15, 0.2) is 17.5 Å². The molecular weight excluding hydrogens is 717 g/mol. The zero-order valence-corrected chi connectivity index (χ0v) is 30.9.